The Balaban J connectivity index is 2.15. The molecular formula is C23H19FN2O2. The molecule has 0 heterocycles. The van der Waals surface area contributed by atoms with Crippen LogP contribution in [0.4, 0.5) is 10.1 Å². The standard InChI is InChI=1S/C23H19FN2O2/c1-23(16-25,18-10-14-21(28-2)15-11-18)26(20-6-4-3-5-7-20)22(27)17-8-12-19(24)13-9-17/h3-15H,1-2H3. The molecule has 5 heteroatoms. The van der Waals surface area contributed by atoms with Crippen LogP contribution in [0.5, 0.6) is 5.75 Å². The van der Waals surface area contributed by atoms with Gasteiger partial charge in [-0.15, -0.1) is 0 Å². The first-order chi connectivity index (χ1) is 13.5. The monoisotopic (exact) mass is 374 g/mol. The number of nitrogens with zero attached hydrogens (tertiary/aromatic N) is 2. The minimum Gasteiger partial charge on any atom is -0.497 e. The van der Waals surface area contributed by atoms with Gasteiger partial charge in [0, 0.05) is 11.3 Å². The van der Waals surface area contributed by atoms with Crippen LogP contribution in [0.25, 0.3) is 0 Å². The Morgan fingerprint density at radius 1 is 1.00 bits per heavy atom. The summed E-state index contributed by atoms with van der Waals surface area (Å²) in [6.45, 7) is 1.68. The molecule has 0 bridgehead atoms. The molecule has 0 aliphatic rings. The van der Waals surface area contributed by atoms with Crippen LogP contribution in [-0.4, -0.2) is 13.0 Å². The van der Waals surface area contributed by atoms with E-state index in [-0.39, 0.29) is 0 Å². The molecule has 1 unspecified atom stereocenters. The number of ether oxygens (including phenoxy) is 1. The van der Waals surface area contributed by atoms with Crippen molar-refractivity contribution in [3.05, 3.63) is 95.8 Å². The SMILES string of the molecule is COc1ccc(C(C)(C#N)N(C(=O)c2ccc(F)cc2)c2ccccc2)cc1. The largest absolute Gasteiger partial charge is 0.497 e. The van der Waals surface area contributed by atoms with Gasteiger partial charge < -0.3 is 4.74 Å². The second-order valence-corrected chi connectivity index (χ2v) is 6.40. The van der Waals surface area contributed by atoms with Gasteiger partial charge in [-0.2, -0.15) is 5.26 Å². The number of amides is 1. The van der Waals surface area contributed by atoms with Crippen LogP contribution in [0.2, 0.25) is 0 Å². The Bertz CT molecular complexity index is 996. The fraction of sp³-hybridized carbons (Fsp3) is 0.130. The molecule has 0 aliphatic carbocycles. The molecule has 140 valence electrons. The highest BCUT2D eigenvalue weighted by Crippen LogP contribution is 2.35. The molecule has 0 N–H and O–H groups in total. The number of hydrogen-bond donors (Lipinski definition) is 0. The fourth-order valence-corrected chi connectivity index (χ4v) is 3.04. The highest BCUT2D eigenvalue weighted by Gasteiger charge is 2.39. The first-order valence-electron chi connectivity index (χ1n) is 8.70. The van der Waals surface area contributed by atoms with Gasteiger partial charge in [-0.05, 0) is 61.0 Å². The molecule has 4 nitrogen and oxygen atoms in total. The van der Waals surface area contributed by atoms with Crippen LogP contribution < -0.4 is 9.64 Å². The molecule has 0 aromatic heterocycles. The Kier molecular flexibility index (Phi) is 5.42. The zero-order chi connectivity index (χ0) is 20.1. The summed E-state index contributed by atoms with van der Waals surface area (Å²) in [6, 6.07) is 23.5. The van der Waals surface area contributed by atoms with Crippen LogP contribution in [-0.2, 0) is 5.54 Å². The number of carbonyl (C=O) groups excluding carboxylic acids is 1. The zero-order valence-electron chi connectivity index (χ0n) is 15.6. The van der Waals surface area contributed by atoms with E-state index in [9.17, 15) is 14.4 Å². The van der Waals surface area contributed by atoms with Gasteiger partial charge in [0.1, 0.15) is 11.6 Å². The molecule has 3 aromatic rings. The van der Waals surface area contributed by atoms with Crippen molar-refractivity contribution in [1.82, 2.24) is 0 Å². The lowest BCUT2D eigenvalue weighted by Crippen LogP contribution is -2.47. The minimum absolute atomic E-state index is 0.292. The fourth-order valence-electron chi connectivity index (χ4n) is 3.04. The number of hydrogen-bond acceptors (Lipinski definition) is 3. The predicted molar refractivity (Wildman–Crippen MR) is 106 cm³/mol. The molecule has 28 heavy (non-hydrogen) atoms. The zero-order valence-corrected chi connectivity index (χ0v) is 15.6. The number of para-hydroxylation sites is 1. The highest BCUT2D eigenvalue weighted by atomic mass is 19.1. The lowest BCUT2D eigenvalue weighted by molar-refractivity contribution is 0.0968. The second-order valence-electron chi connectivity index (χ2n) is 6.40. The predicted octanol–water partition coefficient (Wildman–Crippen LogP) is 4.92. The average molecular weight is 374 g/mol. The average Bonchev–Trinajstić information content (AvgIpc) is 2.75. The number of nitriles is 1. The van der Waals surface area contributed by atoms with E-state index in [1.54, 1.807) is 62.6 Å². The molecule has 0 spiro atoms. The molecule has 3 aromatic carbocycles. The molecular weight excluding hydrogens is 355 g/mol. The molecule has 0 fully saturated rings. The van der Waals surface area contributed by atoms with E-state index in [4.69, 9.17) is 4.74 Å². The van der Waals surface area contributed by atoms with Crippen LogP contribution in [0, 0.1) is 17.1 Å². The van der Waals surface area contributed by atoms with Crippen molar-refractivity contribution in [1.29, 1.82) is 5.26 Å². The Morgan fingerprint density at radius 2 is 1.61 bits per heavy atom. The maximum atomic E-state index is 13.4. The van der Waals surface area contributed by atoms with Crippen molar-refractivity contribution >= 4 is 11.6 Å². The third kappa shape index (κ3) is 3.58. The molecule has 0 radical (unpaired) electrons. The minimum atomic E-state index is -1.29. The van der Waals surface area contributed by atoms with Crippen LogP contribution in [0.1, 0.15) is 22.8 Å². The lowest BCUT2D eigenvalue weighted by atomic mass is 9.90. The van der Waals surface area contributed by atoms with Crippen molar-refractivity contribution < 1.29 is 13.9 Å². The van der Waals surface area contributed by atoms with Crippen LogP contribution in [0.15, 0.2) is 78.9 Å². The number of methoxy groups -OCH3 is 1. The molecule has 0 saturated heterocycles. The van der Waals surface area contributed by atoms with Gasteiger partial charge >= 0.3 is 0 Å². The van der Waals surface area contributed by atoms with E-state index in [0.29, 0.717) is 22.6 Å². The lowest BCUT2D eigenvalue weighted by Gasteiger charge is -2.36. The maximum Gasteiger partial charge on any atom is 0.259 e. The van der Waals surface area contributed by atoms with E-state index in [0.717, 1.165) is 0 Å². The Labute approximate surface area is 163 Å². The third-order valence-electron chi connectivity index (χ3n) is 4.63. The van der Waals surface area contributed by atoms with Crippen LogP contribution >= 0.6 is 0 Å². The van der Waals surface area contributed by atoms with E-state index >= 15 is 0 Å². The van der Waals surface area contributed by atoms with Gasteiger partial charge in [0.2, 0.25) is 0 Å². The summed E-state index contributed by atoms with van der Waals surface area (Å²) < 4.78 is 18.5. The number of rotatable bonds is 5. The maximum absolute atomic E-state index is 13.4. The Hall–Kier alpha value is -3.65. The van der Waals surface area contributed by atoms with Crippen molar-refractivity contribution in [2.24, 2.45) is 0 Å². The Morgan fingerprint density at radius 3 is 2.14 bits per heavy atom. The van der Waals surface area contributed by atoms with Crippen molar-refractivity contribution in [2.45, 2.75) is 12.5 Å². The topological polar surface area (TPSA) is 53.3 Å². The summed E-state index contributed by atoms with van der Waals surface area (Å²) in [5.74, 6) is -0.174. The van der Waals surface area contributed by atoms with Crippen molar-refractivity contribution in [2.75, 3.05) is 12.0 Å². The summed E-state index contributed by atoms with van der Waals surface area (Å²) >= 11 is 0. The van der Waals surface area contributed by atoms with Crippen molar-refractivity contribution in [3.63, 3.8) is 0 Å². The summed E-state index contributed by atoms with van der Waals surface area (Å²) in [5.41, 5.74) is 0.200. The van der Waals surface area contributed by atoms with Gasteiger partial charge in [0.15, 0.2) is 5.54 Å². The van der Waals surface area contributed by atoms with E-state index < -0.39 is 17.3 Å². The van der Waals surface area contributed by atoms with E-state index in [1.807, 2.05) is 6.07 Å². The molecule has 1 atom stereocenters. The quantitative estimate of drug-likeness (QED) is 0.637. The van der Waals surface area contributed by atoms with Crippen molar-refractivity contribution in [3.8, 4) is 11.8 Å². The van der Waals surface area contributed by atoms with E-state index in [2.05, 4.69) is 6.07 Å². The van der Waals surface area contributed by atoms with E-state index in [1.165, 1.54) is 29.2 Å². The number of carbonyl (C=O) groups is 1. The normalized spacial score (nSPS) is 12.5. The summed E-state index contributed by atoms with van der Waals surface area (Å²) in [7, 11) is 1.56. The molecule has 1 amide bonds. The number of halogens is 1. The van der Waals surface area contributed by atoms with Gasteiger partial charge in [-0.25, -0.2) is 4.39 Å². The first kappa shape index (κ1) is 19.1. The molecule has 3 rings (SSSR count). The van der Waals surface area contributed by atoms with Gasteiger partial charge in [-0.1, -0.05) is 30.3 Å². The number of benzene rings is 3. The van der Waals surface area contributed by atoms with Gasteiger partial charge in [0.25, 0.3) is 5.91 Å². The highest BCUT2D eigenvalue weighted by molar-refractivity contribution is 6.07. The smallest absolute Gasteiger partial charge is 0.259 e. The summed E-state index contributed by atoms with van der Waals surface area (Å²) in [4.78, 5) is 14.8. The summed E-state index contributed by atoms with van der Waals surface area (Å²) in [6.07, 6.45) is 0. The van der Waals surface area contributed by atoms with Crippen LogP contribution in [0.3, 0.4) is 0 Å². The van der Waals surface area contributed by atoms with Gasteiger partial charge in [-0.3, -0.25) is 9.69 Å². The number of anilines is 1. The molecule has 0 aliphatic heterocycles. The first-order valence-corrected chi connectivity index (χ1v) is 8.70. The second kappa shape index (κ2) is 7.93. The molecule has 0 saturated carbocycles. The van der Waals surface area contributed by atoms with Gasteiger partial charge in [0.05, 0.1) is 13.2 Å². The third-order valence-corrected chi connectivity index (χ3v) is 4.63. The summed E-state index contributed by atoms with van der Waals surface area (Å²) in [5, 5.41) is 10.1.